The van der Waals surface area contributed by atoms with Gasteiger partial charge >= 0.3 is 0 Å². The molecular formula is C15H10ClF2N3O2. The van der Waals surface area contributed by atoms with Crippen molar-refractivity contribution in [1.29, 1.82) is 0 Å². The van der Waals surface area contributed by atoms with Gasteiger partial charge in [-0.2, -0.15) is 0 Å². The quantitative estimate of drug-likeness (QED) is 0.875. The van der Waals surface area contributed by atoms with Crippen LogP contribution in [0.1, 0.15) is 12.0 Å². The number of pyridine rings is 1. The van der Waals surface area contributed by atoms with Gasteiger partial charge in [0.1, 0.15) is 11.6 Å². The van der Waals surface area contributed by atoms with Crippen LogP contribution in [0, 0.1) is 11.6 Å². The molecule has 0 saturated heterocycles. The molecule has 1 unspecified atom stereocenters. The lowest BCUT2D eigenvalue weighted by Gasteiger charge is -2.10. The Labute approximate surface area is 134 Å². The lowest BCUT2D eigenvalue weighted by atomic mass is 10.0. The van der Waals surface area contributed by atoms with Crippen molar-refractivity contribution in [3.63, 3.8) is 0 Å². The zero-order chi connectivity index (χ0) is 16.4. The normalized spacial score (nSPS) is 16.7. The fourth-order valence-electron chi connectivity index (χ4n) is 2.13. The molecule has 2 aromatic rings. The van der Waals surface area contributed by atoms with Crippen LogP contribution in [0.3, 0.4) is 0 Å². The van der Waals surface area contributed by atoms with Gasteiger partial charge < -0.3 is 10.2 Å². The molecule has 1 N–H and O–H groups in total. The average molecular weight is 338 g/mol. The number of amides is 1. The summed E-state index contributed by atoms with van der Waals surface area (Å²) >= 11 is 5.85. The summed E-state index contributed by atoms with van der Waals surface area (Å²) in [5.74, 6) is -2.05. The summed E-state index contributed by atoms with van der Waals surface area (Å²) in [7, 11) is 0. The first-order valence-corrected chi connectivity index (χ1v) is 7.02. The Kier molecular flexibility index (Phi) is 4.20. The molecule has 23 heavy (non-hydrogen) atoms. The van der Waals surface area contributed by atoms with E-state index in [0.29, 0.717) is 5.69 Å². The molecule has 118 valence electrons. The number of hydrogen-bond acceptors (Lipinski definition) is 4. The number of rotatable bonds is 3. The van der Waals surface area contributed by atoms with E-state index in [1.807, 2.05) is 0 Å². The van der Waals surface area contributed by atoms with E-state index in [2.05, 4.69) is 15.5 Å². The minimum atomic E-state index is -1.000. The summed E-state index contributed by atoms with van der Waals surface area (Å²) in [6.45, 7) is 0. The highest BCUT2D eigenvalue weighted by molar-refractivity contribution is 6.32. The molecule has 1 amide bonds. The molecule has 0 saturated carbocycles. The number of nitrogens with zero attached hydrogens (tertiary/aromatic N) is 2. The van der Waals surface area contributed by atoms with Gasteiger partial charge in [0, 0.05) is 12.6 Å². The van der Waals surface area contributed by atoms with Crippen molar-refractivity contribution in [3.8, 4) is 0 Å². The largest absolute Gasteiger partial charge is 0.382 e. The average Bonchev–Trinajstić information content (AvgIpc) is 2.99. The topological polar surface area (TPSA) is 63.6 Å². The van der Waals surface area contributed by atoms with Crippen LogP contribution in [0.25, 0.3) is 0 Å². The predicted octanol–water partition coefficient (Wildman–Crippen LogP) is 3.14. The summed E-state index contributed by atoms with van der Waals surface area (Å²) < 4.78 is 27.5. The van der Waals surface area contributed by atoms with Gasteiger partial charge in [-0.25, -0.2) is 13.8 Å². The fraction of sp³-hybridized carbons (Fsp3) is 0.133. The number of hydrogen-bond donors (Lipinski definition) is 1. The van der Waals surface area contributed by atoms with Crippen LogP contribution >= 0.6 is 11.6 Å². The SMILES string of the molecule is O=C(Nc1cccnc1Cl)C1CC(c2c(F)cccc2F)=NO1. The Morgan fingerprint density at radius 2 is 2.00 bits per heavy atom. The molecule has 8 heteroatoms. The number of aromatic nitrogens is 1. The second-order valence-corrected chi connectivity index (χ2v) is 5.12. The van der Waals surface area contributed by atoms with Crippen LogP contribution in [0.5, 0.6) is 0 Å². The van der Waals surface area contributed by atoms with E-state index >= 15 is 0 Å². The van der Waals surface area contributed by atoms with Crippen LogP contribution in [0.4, 0.5) is 14.5 Å². The molecule has 1 atom stereocenters. The maximum absolute atomic E-state index is 13.7. The van der Waals surface area contributed by atoms with Crippen LogP contribution in [0.15, 0.2) is 41.7 Å². The number of benzene rings is 1. The van der Waals surface area contributed by atoms with Crippen LogP contribution < -0.4 is 5.32 Å². The summed E-state index contributed by atoms with van der Waals surface area (Å²) in [5, 5.41) is 6.28. The van der Waals surface area contributed by atoms with E-state index in [1.54, 1.807) is 12.1 Å². The number of carbonyl (C=O) groups is 1. The number of oxime groups is 1. The monoisotopic (exact) mass is 337 g/mol. The van der Waals surface area contributed by atoms with Crippen molar-refractivity contribution in [2.24, 2.45) is 5.16 Å². The van der Waals surface area contributed by atoms with E-state index in [9.17, 15) is 13.6 Å². The molecule has 1 aromatic carbocycles. The van der Waals surface area contributed by atoms with Gasteiger partial charge in [0.2, 0.25) is 6.10 Å². The number of nitrogens with one attached hydrogen (secondary N) is 1. The van der Waals surface area contributed by atoms with Crippen LogP contribution in [-0.4, -0.2) is 22.7 Å². The smallest absolute Gasteiger partial charge is 0.268 e. The molecule has 0 aliphatic carbocycles. The van der Waals surface area contributed by atoms with Crippen molar-refractivity contribution >= 4 is 28.9 Å². The molecule has 3 rings (SSSR count). The van der Waals surface area contributed by atoms with E-state index in [0.717, 1.165) is 12.1 Å². The van der Waals surface area contributed by atoms with E-state index < -0.39 is 23.6 Å². The number of halogens is 3. The van der Waals surface area contributed by atoms with Crippen molar-refractivity contribution in [1.82, 2.24) is 4.98 Å². The lowest BCUT2D eigenvalue weighted by Crippen LogP contribution is -2.28. The highest BCUT2D eigenvalue weighted by atomic mass is 35.5. The highest BCUT2D eigenvalue weighted by Gasteiger charge is 2.31. The lowest BCUT2D eigenvalue weighted by molar-refractivity contribution is -0.125. The second-order valence-electron chi connectivity index (χ2n) is 4.76. The number of anilines is 1. The molecule has 2 heterocycles. The van der Waals surface area contributed by atoms with Gasteiger partial charge in [0.15, 0.2) is 5.15 Å². The van der Waals surface area contributed by atoms with E-state index in [1.165, 1.54) is 12.3 Å². The molecule has 1 aliphatic heterocycles. The maximum atomic E-state index is 13.7. The summed E-state index contributed by atoms with van der Waals surface area (Å²) in [6, 6.07) is 6.65. The summed E-state index contributed by atoms with van der Waals surface area (Å²) in [5.41, 5.74) is 0.0635. The van der Waals surface area contributed by atoms with Crippen LogP contribution in [0.2, 0.25) is 5.15 Å². The van der Waals surface area contributed by atoms with E-state index in [4.69, 9.17) is 16.4 Å². The van der Waals surface area contributed by atoms with Gasteiger partial charge in [0.05, 0.1) is 17.0 Å². The van der Waals surface area contributed by atoms with E-state index in [-0.39, 0.29) is 22.8 Å². The Hall–Kier alpha value is -2.54. The van der Waals surface area contributed by atoms with Gasteiger partial charge in [-0.3, -0.25) is 4.79 Å². The molecule has 5 nitrogen and oxygen atoms in total. The first-order chi connectivity index (χ1) is 11.1. The van der Waals surface area contributed by atoms with Crippen molar-refractivity contribution in [3.05, 3.63) is 58.9 Å². The van der Waals surface area contributed by atoms with Crippen LogP contribution in [-0.2, 0) is 9.63 Å². The molecule has 0 fully saturated rings. The predicted molar refractivity (Wildman–Crippen MR) is 80.3 cm³/mol. The standard InChI is InChI=1S/C15H10ClF2N3O2/c16-14-10(5-2-6-19-14)20-15(22)12-7-11(21-23-12)13-8(17)3-1-4-9(13)18/h1-6,12H,7H2,(H,20,22). The Morgan fingerprint density at radius 1 is 1.26 bits per heavy atom. The molecule has 1 aromatic heterocycles. The van der Waals surface area contributed by atoms with Crippen molar-refractivity contribution < 1.29 is 18.4 Å². The molecular weight excluding hydrogens is 328 g/mol. The third-order valence-corrected chi connectivity index (χ3v) is 3.53. The molecule has 0 radical (unpaired) electrons. The minimum absolute atomic E-state index is 0.0398. The molecule has 0 spiro atoms. The summed E-state index contributed by atoms with van der Waals surface area (Å²) in [4.78, 5) is 20.9. The maximum Gasteiger partial charge on any atom is 0.268 e. The first kappa shape index (κ1) is 15.4. The fourth-order valence-corrected chi connectivity index (χ4v) is 2.30. The van der Waals surface area contributed by atoms with Gasteiger partial charge in [-0.15, -0.1) is 0 Å². The van der Waals surface area contributed by atoms with Crippen molar-refractivity contribution in [2.45, 2.75) is 12.5 Å². The van der Waals surface area contributed by atoms with Crippen molar-refractivity contribution in [2.75, 3.05) is 5.32 Å². The third kappa shape index (κ3) is 3.14. The summed E-state index contributed by atoms with van der Waals surface area (Å²) in [6.07, 6.45) is 0.425. The second kappa shape index (κ2) is 6.29. The zero-order valence-corrected chi connectivity index (χ0v) is 12.3. The Morgan fingerprint density at radius 3 is 2.70 bits per heavy atom. The molecule has 1 aliphatic rings. The van der Waals surface area contributed by atoms with Gasteiger partial charge in [-0.05, 0) is 24.3 Å². The number of carbonyl (C=O) groups excluding carboxylic acids is 1. The Bertz CT molecular complexity index is 778. The third-order valence-electron chi connectivity index (χ3n) is 3.23. The molecule has 0 bridgehead atoms. The van der Waals surface area contributed by atoms with Gasteiger partial charge in [0.25, 0.3) is 5.91 Å². The first-order valence-electron chi connectivity index (χ1n) is 6.64. The zero-order valence-electron chi connectivity index (χ0n) is 11.6. The highest BCUT2D eigenvalue weighted by Crippen LogP contribution is 2.23. The van der Waals surface area contributed by atoms with Gasteiger partial charge in [-0.1, -0.05) is 22.8 Å². The Balaban J connectivity index is 1.72. The minimum Gasteiger partial charge on any atom is -0.382 e.